The molecule has 3 nitrogen and oxygen atoms in total. The molecular weight excluding hydrogens is 303 g/mol. The maximum atomic E-state index is 12.4. The second kappa shape index (κ2) is 5.27. The predicted molar refractivity (Wildman–Crippen MR) is 82.7 cm³/mol. The lowest BCUT2D eigenvalue weighted by atomic mass is 9.62. The molecule has 0 heterocycles. The van der Waals surface area contributed by atoms with E-state index in [1.54, 1.807) is 18.2 Å². The fraction of sp³-hybridized carbons (Fsp3) is 0.385. The van der Waals surface area contributed by atoms with E-state index in [-0.39, 0.29) is 10.9 Å². The van der Waals surface area contributed by atoms with Gasteiger partial charge in [-0.15, -0.1) is 0 Å². The van der Waals surface area contributed by atoms with Crippen LogP contribution >= 0.6 is 35.4 Å². The largest absolute Gasteiger partial charge is 0.392 e. The number of hydrogen-bond acceptors (Lipinski definition) is 2. The number of amides is 1. The van der Waals surface area contributed by atoms with Crippen LogP contribution in [0.2, 0.25) is 10.0 Å². The first-order valence-electron chi connectivity index (χ1n) is 5.91. The van der Waals surface area contributed by atoms with E-state index in [1.165, 1.54) is 0 Å². The molecule has 2 rings (SSSR count). The first-order valence-corrected chi connectivity index (χ1v) is 7.08. The van der Waals surface area contributed by atoms with E-state index in [0.717, 1.165) is 0 Å². The van der Waals surface area contributed by atoms with Crippen molar-refractivity contribution in [2.24, 2.45) is 17.1 Å². The van der Waals surface area contributed by atoms with Crippen LogP contribution in [-0.2, 0) is 4.79 Å². The average Bonchev–Trinajstić information content (AvgIpc) is 2.28. The number of anilines is 1. The van der Waals surface area contributed by atoms with Crippen molar-refractivity contribution < 1.29 is 4.79 Å². The highest BCUT2D eigenvalue weighted by Crippen LogP contribution is 2.46. The van der Waals surface area contributed by atoms with Gasteiger partial charge in [-0.1, -0.05) is 42.3 Å². The quantitative estimate of drug-likeness (QED) is 0.837. The fourth-order valence-electron chi connectivity index (χ4n) is 2.46. The highest BCUT2D eigenvalue weighted by Gasteiger charge is 2.50. The van der Waals surface area contributed by atoms with Gasteiger partial charge in [0.1, 0.15) is 0 Å². The van der Waals surface area contributed by atoms with Gasteiger partial charge in [0.25, 0.3) is 0 Å². The summed E-state index contributed by atoms with van der Waals surface area (Å²) in [5.41, 5.74) is 5.46. The van der Waals surface area contributed by atoms with Crippen molar-refractivity contribution in [1.29, 1.82) is 0 Å². The lowest BCUT2D eigenvalue weighted by Crippen LogP contribution is -2.53. The molecule has 1 saturated carbocycles. The summed E-state index contributed by atoms with van der Waals surface area (Å²) < 4.78 is 0. The summed E-state index contributed by atoms with van der Waals surface area (Å²) >= 11 is 17.0. The SMILES string of the molecule is CC1CC(C(=O)Nc2cc(Cl)ccc2Cl)(C(N)=S)C1. The lowest BCUT2D eigenvalue weighted by Gasteiger charge is -2.44. The van der Waals surface area contributed by atoms with E-state index in [4.69, 9.17) is 41.2 Å². The van der Waals surface area contributed by atoms with Gasteiger partial charge in [-0.05, 0) is 37.0 Å². The number of halogens is 2. The molecule has 1 aliphatic rings. The topological polar surface area (TPSA) is 55.1 Å². The normalized spacial score (nSPS) is 25.5. The monoisotopic (exact) mass is 316 g/mol. The van der Waals surface area contributed by atoms with Crippen LogP contribution in [0.25, 0.3) is 0 Å². The Balaban J connectivity index is 2.21. The summed E-state index contributed by atoms with van der Waals surface area (Å²) in [6.07, 6.45) is 1.35. The molecule has 3 N–H and O–H groups in total. The number of benzene rings is 1. The third-order valence-corrected chi connectivity index (χ3v) is 4.43. The van der Waals surface area contributed by atoms with E-state index in [0.29, 0.717) is 34.5 Å². The van der Waals surface area contributed by atoms with E-state index in [9.17, 15) is 4.79 Å². The first kappa shape index (κ1) is 14.6. The van der Waals surface area contributed by atoms with Gasteiger partial charge in [-0.25, -0.2) is 0 Å². The van der Waals surface area contributed by atoms with Crippen molar-refractivity contribution in [2.75, 3.05) is 5.32 Å². The van der Waals surface area contributed by atoms with Gasteiger partial charge in [0, 0.05) is 5.02 Å². The zero-order valence-electron chi connectivity index (χ0n) is 10.4. The average molecular weight is 317 g/mol. The number of nitrogens with two attached hydrogens (primary N) is 1. The van der Waals surface area contributed by atoms with Gasteiger partial charge in [0.2, 0.25) is 5.91 Å². The minimum atomic E-state index is -0.750. The van der Waals surface area contributed by atoms with Crippen molar-refractivity contribution in [3.05, 3.63) is 28.2 Å². The molecule has 0 spiro atoms. The van der Waals surface area contributed by atoms with Crippen LogP contribution < -0.4 is 11.1 Å². The molecule has 0 saturated heterocycles. The third-order valence-electron chi connectivity index (χ3n) is 3.48. The Kier molecular flexibility index (Phi) is 4.04. The molecule has 1 aromatic carbocycles. The van der Waals surface area contributed by atoms with Crippen LogP contribution in [0.5, 0.6) is 0 Å². The number of carbonyl (C=O) groups is 1. The van der Waals surface area contributed by atoms with Crippen LogP contribution in [0, 0.1) is 11.3 Å². The molecule has 0 unspecified atom stereocenters. The van der Waals surface area contributed by atoms with Crippen LogP contribution in [-0.4, -0.2) is 10.9 Å². The Morgan fingerprint density at radius 1 is 1.47 bits per heavy atom. The molecule has 1 aromatic rings. The Labute approximate surface area is 127 Å². The van der Waals surface area contributed by atoms with Crippen molar-refractivity contribution in [3.8, 4) is 0 Å². The Morgan fingerprint density at radius 3 is 2.63 bits per heavy atom. The molecule has 19 heavy (non-hydrogen) atoms. The van der Waals surface area contributed by atoms with Crippen LogP contribution in [0.1, 0.15) is 19.8 Å². The van der Waals surface area contributed by atoms with E-state index < -0.39 is 5.41 Å². The molecule has 1 aliphatic carbocycles. The Bertz CT molecular complexity index is 541. The maximum Gasteiger partial charge on any atom is 0.237 e. The summed E-state index contributed by atoms with van der Waals surface area (Å²) in [7, 11) is 0. The minimum absolute atomic E-state index is 0.206. The van der Waals surface area contributed by atoms with Crippen LogP contribution in [0.15, 0.2) is 18.2 Å². The molecule has 0 aromatic heterocycles. The highest BCUT2D eigenvalue weighted by molar-refractivity contribution is 7.80. The zero-order valence-corrected chi connectivity index (χ0v) is 12.7. The van der Waals surface area contributed by atoms with Gasteiger partial charge in [-0.2, -0.15) is 0 Å². The molecule has 0 aliphatic heterocycles. The van der Waals surface area contributed by atoms with Crippen LogP contribution in [0.4, 0.5) is 5.69 Å². The number of hydrogen-bond donors (Lipinski definition) is 2. The maximum absolute atomic E-state index is 12.4. The number of nitrogens with one attached hydrogen (secondary N) is 1. The summed E-state index contributed by atoms with van der Waals surface area (Å²) in [6.45, 7) is 2.07. The van der Waals surface area contributed by atoms with Gasteiger partial charge in [0.15, 0.2) is 0 Å². The molecule has 0 atom stereocenters. The molecule has 1 fully saturated rings. The van der Waals surface area contributed by atoms with Crippen molar-refractivity contribution in [1.82, 2.24) is 0 Å². The number of carbonyl (C=O) groups excluding carboxylic acids is 1. The number of thiocarbonyl (C=S) groups is 1. The summed E-state index contributed by atoms with van der Waals surface area (Å²) in [6, 6.07) is 4.90. The van der Waals surface area contributed by atoms with Gasteiger partial charge in [0.05, 0.1) is 21.1 Å². The van der Waals surface area contributed by atoms with Crippen molar-refractivity contribution in [3.63, 3.8) is 0 Å². The second-order valence-electron chi connectivity index (χ2n) is 5.04. The Hall–Kier alpha value is -0.840. The second-order valence-corrected chi connectivity index (χ2v) is 6.32. The lowest BCUT2D eigenvalue weighted by molar-refractivity contribution is -0.127. The minimum Gasteiger partial charge on any atom is -0.392 e. The molecule has 102 valence electrons. The van der Waals surface area contributed by atoms with Gasteiger partial charge in [-0.3, -0.25) is 4.79 Å². The molecule has 0 bridgehead atoms. The van der Waals surface area contributed by atoms with Gasteiger partial charge >= 0.3 is 0 Å². The third kappa shape index (κ3) is 2.71. The van der Waals surface area contributed by atoms with Crippen molar-refractivity contribution in [2.45, 2.75) is 19.8 Å². The Morgan fingerprint density at radius 2 is 2.11 bits per heavy atom. The van der Waals surface area contributed by atoms with Crippen LogP contribution in [0.3, 0.4) is 0 Å². The predicted octanol–water partition coefficient (Wildman–Crippen LogP) is 3.63. The molecule has 0 radical (unpaired) electrons. The first-order chi connectivity index (χ1) is 8.85. The van der Waals surface area contributed by atoms with Gasteiger partial charge < -0.3 is 11.1 Å². The molecule has 1 amide bonds. The number of rotatable bonds is 3. The smallest absolute Gasteiger partial charge is 0.237 e. The zero-order chi connectivity index (χ0) is 14.2. The van der Waals surface area contributed by atoms with E-state index in [2.05, 4.69) is 12.2 Å². The highest BCUT2D eigenvalue weighted by atomic mass is 35.5. The summed E-state index contributed by atoms with van der Waals surface area (Å²) in [5, 5.41) is 3.71. The van der Waals surface area contributed by atoms with Crippen molar-refractivity contribution >= 4 is 52.0 Å². The standard InChI is InChI=1S/C13H14Cl2N2OS/c1-7-5-13(6-7,11(16)19)12(18)17-10-4-8(14)2-3-9(10)15/h2-4,7H,5-6H2,1H3,(H2,16,19)(H,17,18). The van der Waals surface area contributed by atoms with E-state index >= 15 is 0 Å². The fourth-order valence-corrected chi connectivity index (χ4v) is 3.06. The molecule has 6 heteroatoms. The summed E-state index contributed by atoms with van der Waals surface area (Å²) in [5.74, 6) is 0.240. The summed E-state index contributed by atoms with van der Waals surface area (Å²) in [4.78, 5) is 12.6. The van der Waals surface area contributed by atoms with E-state index in [1.807, 2.05) is 0 Å². The molecular formula is C13H14Cl2N2OS.